The van der Waals surface area contributed by atoms with E-state index >= 15 is 0 Å². The minimum absolute atomic E-state index is 0.0356. The molecule has 0 saturated carbocycles. The van der Waals surface area contributed by atoms with Gasteiger partial charge in [-0.15, -0.1) is 0 Å². The number of hydrogen-bond donors (Lipinski definition) is 2. The summed E-state index contributed by atoms with van der Waals surface area (Å²) < 4.78 is 5.50. The van der Waals surface area contributed by atoms with E-state index in [1.165, 1.54) is 6.07 Å². The number of furan rings is 1. The van der Waals surface area contributed by atoms with Gasteiger partial charge in [0.25, 0.3) is 0 Å². The van der Waals surface area contributed by atoms with Crippen LogP contribution in [-0.4, -0.2) is 11.1 Å². The minimum Gasteiger partial charge on any atom is -0.478 e. The highest BCUT2D eigenvalue weighted by Crippen LogP contribution is 2.38. The number of dihydropyridines is 1. The number of nitrogens with one attached hydrogen (secondary N) is 1. The molecule has 1 aromatic rings. The lowest BCUT2D eigenvalue weighted by molar-refractivity contribution is 0.0695. The van der Waals surface area contributed by atoms with E-state index < -0.39 is 11.9 Å². The number of allylic oxidation sites excluding steroid dienone is 4. The van der Waals surface area contributed by atoms with Crippen LogP contribution in [0.4, 0.5) is 0 Å². The van der Waals surface area contributed by atoms with Gasteiger partial charge in [0.1, 0.15) is 17.1 Å². The van der Waals surface area contributed by atoms with Crippen molar-refractivity contribution in [1.29, 1.82) is 10.5 Å². The maximum Gasteiger partial charge on any atom is 0.339 e. The van der Waals surface area contributed by atoms with Crippen LogP contribution < -0.4 is 5.32 Å². The number of rotatable bonds is 2. The van der Waals surface area contributed by atoms with Crippen molar-refractivity contribution in [3.63, 3.8) is 0 Å². The van der Waals surface area contributed by atoms with Crippen LogP contribution in [0.1, 0.15) is 41.6 Å². The number of carboxylic acid groups (broad SMARTS) is 1. The summed E-state index contributed by atoms with van der Waals surface area (Å²) in [4.78, 5) is 11.1. The third-order valence-corrected chi connectivity index (χ3v) is 3.45. The first-order valence-corrected chi connectivity index (χ1v) is 6.23. The lowest BCUT2D eigenvalue weighted by Gasteiger charge is -2.24. The molecule has 0 aliphatic carbocycles. The van der Waals surface area contributed by atoms with E-state index in [1.807, 2.05) is 0 Å². The molecule has 2 N–H and O–H groups in total. The summed E-state index contributed by atoms with van der Waals surface area (Å²) >= 11 is 0. The molecule has 1 aliphatic heterocycles. The Bertz CT molecular complexity index is 733. The molecule has 2 heterocycles. The average molecular weight is 283 g/mol. The van der Waals surface area contributed by atoms with Gasteiger partial charge in [-0.25, -0.2) is 4.79 Å². The second-order valence-electron chi connectivity index (χ2n) is 4.78. The van der Waals surface area contributed by atoms with Gasteiger partial charge in [0.2, 0.25) is 0 Å². The van der Waals surface area contributed by atoms with Crippen LogP contribution in [0.25, 0.3) is 0 Å². The lowest BCUT2D eigenvalue weighted by atomic mass is 9.85. The van der Waals surface area contributed by atoms with Crippen molar-refractivity contribution in [2.45, 2.75) is 26.7 Å². The lowest BCUT2D eigenvalue weighted by Crippen LogP contribution is -2.23. The predicted molar refractivity (Wildman–Crippen MR) is 72.9 cm³/mol. The molecule has 0 spiro atoms. The third kappa shape index (κ3) is 2.28. The third-order valence-electron chi connectivity index (χ3n) is 3.45. The largest absolute Gasteiger partial charge is 0.478 e. The van der Waals surface area contributed by atoms with Gasteiger partial charge in [-0.3, -0.25) is 0 Å². The van der Waals surface area contributed by atoms with Crippen molar-refractivity contribution in [2.75, 3.05) is 0 Å². The Balaban J connectivity index is 2.65. The van der Waals surface area contributed by atoms with Crippen LogP contribution in [0, 0.1) is 29.6 Å². The van der Waals surface area contributed by atoms with Crippen LogP contribution in [0.2, 0.25) is 0 Å². The first kappa shape index (κ1) is 14.4. The molecular weight excluding hydrogens is 270 g/mol. The van der Waals surface area contributed by atoms with E-state index in [4.69, 9.17) is 9.52 Å². The van der Waals surface area contributed by atoms with Crippen LogP contribution >= 0.6 is 0 Å². The normalized spacial score (nSPS) is 15.5. The summed E-state index contributed by atoms with van der Waals surface area (Å²) in [6, 6.07) is 5.52. The highest BCUT2D eigenvalue weighted by Gasteiger charge is 2.33. The Morgan fingerprint density at radius 1 is 1.24 bits per heavy atom. The standard InChI is InChI=1S/C15H13N3O3/c1-7-11(5-16)14(12(6-17)8(2)18-7)13-4-10(15(19)20)9(3)21-13/h4,14,18H,1-3H3,(H,19,20). The van der Waals surface area contributed by atoms with Crippen molar-refractivity contribution in [2.24, 2.45) is 0 Å². The van der Waals surface area contributed by atoms with Crippen molar-refractivity contribution in [1.82, 2.24) is 5.32 Å². The zero-order valence-corrected chi connectivity index (χ0v) is 11.8. The van der Waals surface area contributed by atoms with Gasteiger partial charge < -0.3 is 14.8 Å². The van der Waals surface area contributed by atoms with Crippen LogP contribution in [0.3, 0.4) is 0 Å². The Labute approximate surface area is 121 Å². The zero-order valence-electron chi connectivity index (χ0n) is 11.8. The Hall–Kier alpha value is -2.99. The van der Waals surface area contributed by atoms with E-state index in [2.05, 4.69) is 17.5 Å². The number of nitrogens with zero attached hydrogens (tertiary/aromatic N) is 2. The maximum absolute atomic E-state index is 11.1. The Morgan fingerprint density at radius 3 is 2.14 bits per heavy atom. The van der Waals surface area contributed by atoms with Gasteiger partial charge in [0.15, 0.2) is 0 Å². The van der Waals surface area contributed by atoms with Gasteiger partial charge in [-0.1, -0.05) is 0 Å². The highest BCUT2D eigenvalue weighted by molar-refractivity contribution is 5.89. The van der Waals surface area contributed by atoms with Gasteiger partial charge >= 0.3 is 5.97 Å². The number of nitriles is 2. The zero-order chi connectivity index (χ0) is 15.7. The number of aromatic carboxylic acids is 1. The van der Waals surface area contributed by atoms with Crippen molar-refractivity contribution in [3.8, 4) is 12.1 Å². The summed E-state index contributed by atoms with van der Waals surface area (Å²) in [5.74, 6) is -1.23. The molecule has 0 bridgehead atoms. The molecule has 2 rings (SSSR count). The van der Waals surface area contributed by atoms with E-state index in [0.717, 1.165) is 0 Å². The van der Waals surface area contributed by atoms with Gasteiger partial charge in [0.05, 0.1) is 29.2 Å². The molecule has 0 fully saturated rings. The minimum atomic E-state index is -1.10. The van der Waals surface area contributed by atoms with Crippen LogP contribution in [0.5, 0.6) is 0 Å². The molecule has 0 atom stereocenters. The predicted octanol–water partition coefficient (Wildman–Crippen LogP) is 2.57. The molecule has 1 aliphatic rings. The Kier molecular flexibility index (Phi) is 3.56. The van der Waals surface area contributed by atoms with Crippen LogP contribution in [0.15, 0.2) is 33.0 Å². The van der Waals surface area contributed by atoms with E-state index in [1.54, 1.807) is 20.8 Å². The van der Waals surface area contributed by atoms with Crippen molar-refractivity contribution in [3.05, 3.63) is 45.7 Å². The van der Waals surface area contributed by atoms with Gasteiger partial charge in [-0.05, 0) is 26.8 Å². The molecule has 106 valence electrons. The fraction of sp³-hybridized carbons (Fsp3) is 0.267. The topological polar surface area (TPSA) is 110 Å². The molecule has 0 unspecified atom stereocenters. The number of hydrogen-bond acceptors (Lipinski definition) is 5. The molecule has 6 heteroatoms. The van der Waals surface area contributed by atoms with Gasteiger partial charge in [-0.2, -0.15) is 10.5 Å². The molecule has 1 aromatic heterocycles. The molecule has 0 amide bonds. The SMILES string of the molecule is CC1=C(C#N)C(c2cc(C(=O)O)c(C)o2)C(C#N)=C(C)N1. The van der Waals surface area contributed by atoms with Gasteiger partial charge in [0, 0.05) is 11.4 Å². The highest BCUT2D eigenvalue weighted by atomic mass is 16.4. The summed E-state index contributed by atoms with van der Waals surface area (Å²) in [6.45, 7) is 5.01. The molecular formula is C15H13N3O3. The van der Waals surface area contributed by atoms with E-state index in [0.29, 0.717) is 28.3 Å². The summed E-state index contributed by atoms with van der Waals surface area (Å²) in [6.07, 6.45) is 0. The summed E-state index contributed by atoms with van der Waals surface area (Å²) in [5.41, 5.74) is 1.99. The van der Waals surface area contributed by atoms with Crippen LogP contribution in [-0.2, 0) is 0 Å². The average Bonchev–Trinajstić information content (AvgIpc) is 2.80. The summed E-state index contributed by atoms with van der Waals surface area (Å²) in [5, 5.41) is 30.8. The monoisotopic (exact) mass is 283 g/mol. The quantitative estimate of drug-likeness (QED) is 0.863. The fourth-order valence-corrected chi connectivity index (χ4v) is 2.43. The Morgan fingerprint density at radius 2 is 1.76 bits per heavy atom. The second kappa shape index (κ2) is 5.18. The number of carboxylic acids is 1. The number of carbonyl (C=O) groups is 1. The molecule has 21 heavy (non-hydrogen) atoms. The maximum atomic E-state index is 11.1. The molecule has 6 nitrogen and oxygen atoms in total. The molecule has 0 saturated heterocycles. The first-order valence-electron chi connectivity index (χ1n) is 6.23. The fourth-order valence-electron chi connectivity index (χ4n) is 2.43. The smallest absolute Gasteiger partial charge is 0.339 e. The van der Waals surface area contributed by atoms with E-state index in [9.17, 15) is 15.3 Å². The summed E-state index contributed by atoms with van der Waals surface area (Å²) in [7, 11) is 0. The second-order valence-corrected chi connectivity index (χ2v) is 4.78. The van der Waals surface area contributed by atoms with Crippen molar-refractivity contribution >= 4 is 5.97 Å². The molecule has 0 radical (unpaired) electrons. The number of aryl methyl sites for hydroxylation is 1. The van der Waals surface area contributed by atoms with Crippen molar-refractivity contribution < 1.29 is 14.3 Å². The van der Waals surface area contributed by atoms with E-state index in [-0.39, 0.29) is 11.3 Å². The first-order chi connectivity index (χ1) is 9.90. The molecule has 0 aromatic carbocycles.